The Kier molecular flexibility index (Phi) is 6.90. The zero-order valence-electron chi connectivity index (χ0n) is 14.9. The van der Waals surface area contributed by atoms with Gasteiger partial charge in [0, 0.05) is 45.3 Å². The molecule has 1 saturated carbocycles. The van der Waals surface area contributed by atoms with Gasteiger partial charge >= 0.3 is 0 Å². The number of nitrogens with one attached hydrogen (secondary N) is 3. The van der Waals surface area contributed by atoms with Gasteiger partial charge in [-0.25, -0.2) is 4.99 Å². The van der Waals surface area contributed by atoms with Crippen molar-refractivity contribution in [2.75, 3.05) is 38.6 Å². The third-order valence-corrected chi connectivity index (χ3v) is 3.86. The predicted octanol–water partition coefficient (Wildman–Crippen LogP) is 1.33. The monoisotopic (exact) mass is 331 g/mol. The van der Waals surface area contributed by atoms with E-state index in [2.05, 4.69) is 44.0 Å². The van der Waals surface area contributed by atoms with Crippen molar-refractivity contribution in [3.8, 4) is 0 Å². The molecule has 0 unspecified atom stereocenters. The lowest BCUT2D eigenvalue weighted by molar-refractivity contribution is -0.122. The maximum atomic E-state index is 11.6. The minimum Gasteiger partial charge on any atom is -0.378 e. The normalized spacial score (nSPS) is 14.2. The summed E-state index contributed by atoms with van der Waals surface area (Å²) in [5.74, 6) is 1.21. The molecule has 0 heterocycles. The standard InChI is InChI=1S/C18H29N5O/c1-4-19-18(21-11-10-20-17(24)15-8-9-15)22-13-14-6-5-7-16(12-14)23(2)3/h5-7,12,15H,4,8-11,13H2,1-3H3,(H,20,24)(H2,19,21,22). The largest absolute Gasteiger partial charge is 0.378 e. The van der Waals surface area contributed by atoms with Crippen LogP contribution in [0.3, 0.4) is 0 Å². The minimum atomic E-state index is 0.180. The van der Waals surface area contributed by atoms with Gasteiger partial charge in [-0.3, -0.25) is 4.79 Å². The Morgan fingerprint density at radius 2 is 1.96 bits per heavy atom. The summed E-state index contributed by atoms with van der Waals surface area (Å²) >= 11 is 0. The average molecular weight is 331 g/mol. The van der Waals surface area contributed by atoms with E-state index in [1.807, 2.05) is 27.1 Å². The lowest BCUT2D eigenvalue weighted by Gasteiger charge is -2.14. The Morgan fingerprint density at radius 3 is 2.62 bits per heavy atom. The van der Waals surface area contributed by atoms with Gasteiger partial charge in [0.25, 0.3) is 0 Å². The highest BCUT2D eigenvalue weighted by Crippen LogP contribution is 2.28. The molecule has 0 bridgehead atoms. The molecule has 3 N–H and O–H groups in total. The summed E-state index contributed by atoms with van der Waals surface area (Å²) < 4.78 is 0. The summed E-state index contributed by atoms with van der Waals surface area (Å²) in [4.78, 5) is 18.3. The zero-order chi connectivity index (χ0) is 17.4. The Balaban J connectivity index is 1.80. The third kappa shape index (κ3) is 6.10. The fourth-order valence-corrected chi connectivity index (χ4v) is 2.30. The van der Waals surface area contributed by atoms with Crippen molar-refractivity contribution in [1.29, 1.82) is 0 Å². The highest BCUT2D eigenvalue weighted by atomic mass is 16.2. The number of aliphatic imine (C=N–C) groups is 1. The first-order valence-corrected chi connectivity index (χ1v) is 8.66. The highest BCUT2D eigenvalue weighted by Gasteiger charge is 2.28. The second-order valence-electron chi connectivity index (χ2n) is 6.25. The molecule has 1 aromatic rings. The molecule has 0 spiro atoms. The molecule has 6 nitrogen and oxygen atoms in total. The van der Waals surface area contributed by atoms with Gasteiger partial charge in [-0.1, -0.05) is 12.1 Å². The Bertz CT molecular complexity index is 566. The van der Waals surface area contributed by atoms with E-state index in [0.717, 1.165) is 25.3 Å². The molecular formula is C18H29N5O. The summed E-state index contributed by atoms with van der Waals surface area (Å²) in [6, 6.07) is 8.35. The Labute approximate surface area is 144 Å². The van der Waals surface area contributed by atoms with E-state index in [4.69, 9.17) is 0 Å². The molecule has 1 aliphatic rings. The maximum Gasteiger partial charge on any atom is 0.223 e. The number of carbonyl (C=O) groups excluding carboxylic acids is 1. The molecule has 0 aromatic heterocycles. The first-order valence-electron chi connectivity index (χ1n) is 8.66. The zero-order valence-corrected chi connectivity index (χ0v) is 14.9. The molecule has 1 amide bonds. The second kappa shape index (κ2) is 9.15. The molecule has 2 rings (SSSR count). The first kappa shape index (κ1) is 18.1. The smallest absolute Gasteiger partial charge is 0.223 e. The highest BCUT2D eigenvalue weighted by molar-refractivity contribution is 5.81. The van der Waals surface area contributed by atoms with Crippen molar-refractivity contribution < 1.29 is 4.79 Å². The fraction of sp³-hybridized carbons (Fsp3) is 0.556. The number of hydrogen-bond acceptors (Lipinski definition) is 3. The molecule has 0 radical (unpaired) electrons. The van der Waals surface area contributed by atoms with Crippen LogP contribution in [0.4, 0.5) is 5.69 Å². The van der Waals surface area contributed by atoms with Crippen molar-refractivity contribution in [2.45, 2.75) is 26.3 Å². The van der Waals surface area contributed by atoms with Crippen LogP contribution in [0.25, 0.3) is 0 Å². The number of hydrogen-bond donors (Lipinski definition) is 3. The number of benzene rings is 1. The van der Waals surface area contributed by atoms with E-state index < -0.39 is 0 Å². The van der Waals surface area contributed by atoms with Crippen LogP contribution >= 0.6 is 0 Å². The SMILES string of the molecule is CCNC(=NCc1cccc(N(C)C)c1)NCCNC(=O)C1CC1. The minimum absolute atomic E-state index is 0.180. The van der Waals surface area contributed by atoms with Crippen LogP contribution in [0.2, 0.25) is 0 Å². The Hall–Kier alpha value is -2.24. The van der Waals surface area contributed by atoms with Gasteiger partial charge in [-0.2, -0.15) is 0 Å². The molecule has 132 valence electrons. The first-order chi connectivity index (χ1) is 11.6. The van der Waals surface area contributed by atoms with Gasteiger partial charge in [0.05, 0.1) is 6.54 Å². The number of amides is 1. The second-order valence-corrected chi connectivity index (χ2v) is 6.25. The summed E-state index contributed by atoms with van der Waals surface area (Å²) in [5.41, 5.74) is 2.34. The van der Waals surface area contributed by atoms with Gasteiger partial charge in [0.15, 0.2) is 5.96 Å². The van der Waals surface area contributed by atoms with Crippen molar-refractivity contribution in [3.05, 3.63) is 29.8 Å². The van der Waals surface area contributed by atoms with Crippen LogP contribution in [-0.2, 0) is 11.3 Å². The van der Waals surface area contributed by atoms with E-state index in [-0.39, 0.29) is 11.8 Å². The third-order valence-electron chi connectivity index (χ3n) is 3.86. The van der Waals surface area contributed by atoms with Crippen LogP contribution in [0.1, 0.15) is 25.3 Å². The molecule has 0 atom stereocenters. The van der Waals surface area contributed by atoms with Gasteiger partial charge in [0.1, 0.15) is 0 Å². The van der Waals surface area contributed by atoms with E-state index in [1.54, 1.807) is 0 Å². The van der Waals surface area contributed by atoms with E-state index in [9.17, 15) is 4.79 Å². The number of carbonyl (C=O) groups is 1. The van der Waals surface area contributed by atoms with Crippen LogP contribution in [-0.4, -0.2) is 45.6 Å². The van der Waals surface area contributed by atoms with E-state index in [1.165, 1.54) is 11.3 Å². The van der Waals surface area contributed by atoms with Crippen LogP contribution in [0.5, 0.6) is 0 Å². The summed E-state index contributed by atoms with van der Waals surface area (Å²) in [6.07, 6.45) is 2.07. The summed E-state index contributed by atoms with van der Waals surface area (Å²) in [7, 11) is 4.06. The van der Waals surface area contributed by atoms with Crippen molar-refractivity contribution >= 4 is 17.6 Å². The van der Waals surface area contributed by atoms with Crippen LogP contribution < -0.4 is 20.9 Å². The lowest BCUT2D eigenvalue weighted by Crippen LogP contribution is -2.41. The van der Waals surface area contributed by atoms with Crippen LogP contribution in [0, 0.1) is 5.92 Å². The molecular weight excluding hydrogens is 302 g/mol. The summed E-state index contributed by atoms with van der Waals surface area (Å²) in [5, 5.41) is 9.43. The number of nitrogens with zero attached hydrogens (tertiary/aromatic N) is 2. The van der Waals surface area contributed by atoms with E-state index >= 15 is 0 Å². The average Bonchev–Trinajstić information content (AvgIpc) is 3.41. The topological polar surface area (TPSA) is 68.8 Å². The number of anilines is 1. The molecule has 1 fully saturated rings. The lowest BCUT2D eigenvalue weighted by atomic mass is 10.2. The molecule has 1 aliphatic carbocycles. The van der Waals surface area contributed by atoms with Crippen LogP contribution in [0.15, 0.2) is 29.3 Å². The fourth-order valence-electron chi connectivity index (χ4n) is 2.30. The van der Waals surface area contributed by atoms with Gasteiger partial charge in [-0.05, 0) is 37.5 Å². The van der Waals surface area contributed by atoms with Crippen molar-refractivity contribution in [3.63, 3.8) is 0 Å². The molecule has 24 heavy (non-hydrogen) atoms. The number of guanidine groups is 1. The molecule has 6 heteroatoms. The van der Waals surface area contributed by atoms with Gasteiger partial charge in [-0.15, -0.1) is 0 Å². The number of rotatable bonds is 8. The molecule has 1 aromatic carbocycles. The Morgan fingerprint density at radius 1 is 1.21 bits per heavy atom. The summed E-state index contributed by atoms with van der Waals surface area (Å²) in [6.45, 7) is 4.75. The predicted molar refractivity (Wildman–Crippen MR) is 99.3 cm³/mol. The van der Waals surface area contributed by atoms with E-state index in [0.29, 0.717) is 19.6 Å². The maximum absolute atomic E-state index is 11.6. The quantitative estimate of drug-likeness (QED) is 0.382. The molecule has 0 aliphatic heterocycles. The molecule has 0 saturated heterocycles. The van der Waals surface area contributed by atoms with Gasteiger partial charge < -0.3 is 20.9 Å². The van der Waals surface area contributed by atoms with Crippen molar-refractivity contribution in [1.82, 2.24) is 16.0 Å². The van der Waals surface area contributed by atoms with Gasteiger partial charge in [0.2, 0.25) is 5.91 Å². The van der Waals surface area contributed by atoms with Crippen molar-refractivity contribution in [2.24, 2.45) is 10.9 Å².